The Kier molecular flexibility index (Phi) is 3.91. The van der Waals surface area contributed by atoms with Crippen molar-refractivity contribution >= 4 is 5.69 Å². The number of hydrogen-bond donors (Lipinski definition) is 1. The van der Waals surface area contributed by atoms with Crippen LogP contribution in [0.3, 0.4) is 0 Å². The monoisotopic (exact) mass is 248 g/mol. The maximum Gasteiger partial charge on any atom is 0.0892 e. The summed E-state index contributed by atoms with van der Waals surface area (Å²) >= 11 is 0. The largest absolute Gasteiger partial charge is 0.399 e. The molecule has 2 rings (SSSR count). The molecule has 2 atom stereocenters. The Balaban J connectivity index is 1.90. The lowest BCUT2D eigenvalue weighted by atomic mass is 9.71. The molecule has 0 saturated heterocycles. The molecule has 0 amide bonds. The van der Waals surface area contributed by atoms with Gasteiger partial charge >= 0.3 is 0 Å². The quantitative estimate of drug-likeness (QED) is 0.892. The molecule has 1 aliphatic carbocycles. The highest BCUT2D eigenvalue weighted by molar-refractivity contribution is 5.36. The third-order valence-corrected chi connectivity index (χ3v) is 3.65. The fourth-order valence-corrected chi connectivity index (χ4v) is 3.16. The van der Waals surface area contributed by atoms with Crippen LogP contribution in [0.4, 0.5) is 5.69 Å². The number of aromatic nitrogens is 1. The van der Waals surface area contributed by atoms with Crippen molar-refractivity contribution in [2.24, 2.45) is 11.3 Å². The van der Waals surface area contributed by atoms with Gasteiger partial charge < -0.3 is 10.5 Å². The van der Waals surface area contributed by atoms with E-state index in [1.54, 1.807) is 12.3 Å². The smallest absolute Gasteiger partial charge is 0.0892 e. The summed E-state index contributed by atoms with van der Waals surface area (Å²) in [5, 5.41) is 0. The maximum atomic E-state index is 6.01. The minimum Gasteiger partial charge on any atom is -0.399 e. The Morgan fingerprint density at radius 2 is 2.22 bits per heavy atom. The van der Waals surface area contributed by atoms with E-state index in [1.165, 1.54) is 6.42 Å². The Bertz CT molecular complexity index is 403. The van der Waals surface area contributed by atoms with Crippen molar-refractivity contribution in [1.82, 2.24) is 4.98 Å². The van der Waals surface area contributed by atoms with E-state index >= 15 is 0 Å². The normalized spacial score (nSPS) is 27.1. The van der Waals surface area contributed by atoms with Crippen LogP contribution < -0.4 is 5.73 Å². The summed E-state index contributed by atoms with van der Waals surface area (Å²) < 4.78 is 6.01. The van der Waals surface area contributed by atoms with Crippen LogP contribution in [0.5, 0.6) is 0 Å². The van der Waals surface area contributed by atoms with E-state index in [-0.39, 0.29) is 0 Å². The van der Waals surface area contributed by atoms with E-state index < -0.39 is 0 Å². The summed E-state index contributed by atoms with van der Waals surface area (Å²) in [6.07, 6.45) is 5.68. The highest BCUT2D eigenvalue weighted by Crippen LogP contribution is 2.39. The van der Waals surface area contributed by atoms with Crippen molar-refractivity contribution in [1.29, 1.82) is 0 Å². The van der Waals surface area contributed by atoms with Gasteiger partial charge in [-0.25, -0.2) is 0 Å². The molecule has 100 valence electrons. The van der Waals surface area contributed by atoms with Crippen LogP contribution in [0, 0.1) is 11.3 Å². The molecule has 0 aromatic carbocycles. The third kappa shape index (κ3) is 3.70. The SMILES string of the molecule is CC1CC(OCc2cc(N)ccn2)CC(C)(C)C1. The molecule has 1 aromatic heterocycles. The van der Waals surface area contributed by atoms with E-state index in [4.69, 9.17) is 10.5 Å². The standard InChI is InChI=1S/C15H24N2O/c1-11-6-14(9-15(2,3)8-11)18-10-13-7-12(16)4-5-17-13/h4-5,7,11,14H,6,8-10H2,1-3H3,(H2,16,17). The van der Waals surface area contributed by atoms with Crippen LogP contribution >= 0.6 is 0 Å². The predicted octanol–water partition coefficient (Wildman–Crippen LogP) is 3.40. The second kappa shape index (κ2) is 5.27. The molecule has 2 N–H and O–H groups in total. The molecule has 1 aromatic rings. The Morgan fingerprint density at radius 3 is 2.89 bits per heavy atom. The number of nitrogens with zero attached hydrogens (tertiary/aromatic N) is 1. The van der Waals surface area contributed by atoms with Crippen LogP contribution in [0.1, 0.15) is 45.7 Å². The van der Waals surface area contributed by atoms with Crippen molar-refractivity contribution in [2.45, 2.75) is 52.7 Å². The average Bonchev–Trinajstić information content (AvgIpc) is 2.24. The van der Waals surface area contributed by atoms with Crippen molar-refractivity contribution in [3.05, 3.63) is 24.0 Å². The highest BCUT2D eigenvalue weighted by Gasteiger charge is 2.32. The number of hydrogen-bond acceptors (Lipinski definition) is 3. The van der Waals surface area contributed by atoms with E-state index in [9.17, 15) is 0 Å². The van der Waals surface area contributed by atoms with Gasteiger partial charge in [-0.05, 0) is 42.7 Å². The summed E-state index contributed by atoms with van der Waals surface area (Å²) in [6, 6.07) is 3.69. The van der Waals surface area contributed by atoms with Gasteiger partial charge in [0.25, 0.3) is 0 Å². The predicted molar refractivity (Wildman–Crippen MR) is 74.0 cm³/mol. The highest BCUT2D eigenvalue weighted by atomic mass is 16.5. The number of ether oxygens (including phenoxy) is 1. The molecular weight excluding hydrogens is 224 g/mol. The summed E-state index contributed by atoms with van der Waals surface area (Å²) in [7, 11) is 0. The summed E-state index contributed by atoms with van der Waals surface area (Å²) in [4.78, 5) is 4.27. The lowest BCUT2D eigenvalue weighted by molar-refractivity contribution is -0.0326. The summed E-state index contributed by atoms with van der Waals surface area (Å²) in [5.74, 6) is 0.743. The molecule has 3 nitrogen and oxygen atoms in total. The zero-order valence-electron chi connectivity index (χ0n) is 11.6. The summed E-state index contributed by atoms with van der Waals surface area (Å²) in [5.41, 5.74) is 7.80. The zero-order chi connectivity index (χ0) is 13.2. The molecular formula is C15H24N2O. The van der Waals surface area contributed by atoms with E-state index in [0.717, 1.165) is 30.1 Å². The van der Waals surface area contributed by atoms with Crippen molar-refractivity contribution < 1.29 is 4.74 Å². The molecule has 0 spiro atoms. The van der Waals surface area contributed by atoms with E-state index in [0.29, 0.717) is 18.1 Å². The van der Waals surface area contributed by atoms with E-state index in [1.807, 2.05) is 6.07 Å². The van der Waals surface area contributed by atoms with Gasteiger partial charge in [0.2, 0.25) is 0 Å². The van der Waals surface area contributed by atoms with Crippen LogP contribution in [-0.4, -0.2) is 11.1 Å². The number of pyridine rings is 1. The van der Waals surface area contributed by atoms with Crippen molar-refractivity contribution in [3.63, 3.8) is 0 Å². The van der Waals surface area contributed by atoms with Crippen molar-refractivity contribution in [3.8, 4) is 0 Å². The Hall–Kier alpha value is -1.09. The molecule has 1 fully saturated rings. The van der Waals surface area contributed by atoms with Gasteiger partial charge in [0.1, 0.15) is 0 Å². The maximum absolute atomic E-state index is 6.01. The average molecular weight is 248 g/mol. The molecule has 0 aliphatic heterocycles. The van der Waals surface area contributed by atoms with E-state index in [2.05, 4.69) is 25.8 Å². The number of rotatable bonds is 3. The van der Waals surface area contributed by atoms with Crippen LogP contribution in [0.15, 0.2) is 18.3 Å². The Morgan fingerprint density at radius 1 is 1.44 bits per heavy atom. The van der Waals surface area contributed by atoms with Crippen LogP contribution in [-0.2, 0) is 11.3 Å². The number of nitrogen functional groups attached to an aromatic ring is 1. The molecule has 1 aliphatic rings. The van der Waals surface area contributed by atoms with Crippen LogP contribution in [0.25, 0.3) is 0 Å². The molecule has 3 heteroatoms. The first-order valence-corrected chi connectivity index (χ1v) is 6.77. The fraction of sp³-hybridized carbons (Fsp3) is 0.667. The molecule has 1 heterocycles. The second-order valence-corrected chi connectivity index (χ2v) is 6.43. The lowest BCUT2D eigenvalue weighted by Crippen LogP contribution is -2.32. The minimum atomic E-state index is 0.354. The minimum absolute atomic E-state index is 0.354. The third-order valence-electron chi connectivity index (χ3n) is 3.65. The second-order valence-electron chi connectivity index (χ2n) is 6.43. The van der Waals surface area contributed by atoms with Gasteiger partial charge in [0, 0.05) is 11.9 Å². The van der Waals surface area contributed by atoms with Crippen molar-refractivity contribution in [2.75, 3.05) is 5.73 Å². The topological polar surface area (TPSA) is 48.1 Å². The summed E-state index contributed by atoms with van der Waals surface area (Å²) in [6.45, 7) is 7.55. The van der Waals surface area contributed by atoms with Gasteiger partial charge in [0.15, 0.2) is 0 Å². The molecule has 1 saturated carbocycles. The first-order valence-electron chi connectivity index (χ1n) is 6.77. The van der Waals surface area contributed by atoms with Gasteiger partial charge in [-0.15, -0.1) is 0 Å². The lowest BCUT2D eigenvalue weighted by Gasteiger charge is -2.38. The molecule has 18 heavy (non-hydrogen) atoms. The molecule has 0 bridgehead atoms. The van der Waals surface area contributed by atoms with Gasteiger partial charge in [-0.2, -0.15) is 0 Å². The first-order chi connectivity index (χ1) is 8.44. The van der Waals surface area contributed by atoms with Crippen LogP contribution in [0.2, 0.25) is 0 Å². The molecule has 2 unspecified atom stereocenters. The Labute approximate surface area is 110 Å². The van der Waals surface area contributed by atoms with Gasteiger partial charge in [0.05, 0.1) is 18.4 Å². The zero-order valence-corrected chi connectivity index (χ0v) is 11.6. The fourth-order valence-electron chi connectivity index (χ4n) is 3.16. The number of anilines is 1. The first kappa shape index (κ1) is 13.3. The van der Waals surface area contributed by atoms with Gasteiger partial charge in [-0.3, -0.25) is 4.98 Å². The molecule has 0 radical (unpaired) electrons. The van der Waals surface area contributed by atoms with Gasteiger partial charge in [-0.1, -0.05) is 20.8 Å². The number of nitrogens with two attached hydrogens (primary N) is 1.